The molecule has 0 spiro atoms. The maximum Gasteiger partial charge on any atom is 0.270 e. The van der Waals surface area contributed by atoms with Gasteiger partial charge in [0.15, 0.2) is 0 Å². The van der Waals surface area contributed by atoms with Crippen LogP contribution in [0.3, 0.4) is 0 Å². The Morgan fingerprint density at radius 1 is 1.47 bits per heavy atom. The standard InChI is InChI=1S/C12H18N4O/c1-16-6-4-10(5-7-16)15-12(17)11-3-2-9(13)8-14-11/h2-3,8,10H,4-7,13H2,1H3,(H,15,17). The van der Waals surface area contributed by atoms with Crippen molar-refractivity contribution in [3.05, 3.63) is 24.0 Å². The van der Waals surface area contributed by atoms with E-state index in [1.165, 1.54) is 6.20 Å². The number of carbonyl (C=O) groups excluding carboxylic acids is 1. The van der Waals surface area contributed by atoms with Crippen molar-refractivity contribution in [3.63, 3.8) is 0 Å². The molecule has 2 heterocycles. The van der Waals surface area contributed by atoms with Crippen LogP contribution < -0.4 is 11.1 Å². The van der Waals surface area contributed by atoms with E-state index in [0.29, 0.717) is 11.4 Å². The Hall–Kier alpha value is -1.62. The van der Waals surface area contributed by atoms with Crippen LogP contribution in [-0.4, -0.2) is 42.0 Å². The third-order valence-corrected chi connectivity index (χ3v) is 3.07. The molecule has 1 saturated heterocycles. The van der Waals surface area contributed by atoms with Crippen molar-refractivity contribution in [3.8, 4) is 0 Å². The first kappa shape index (κ1) is 11.9. The Bertz CT molecular complexity index is 382. The Morgan fingerprint density at radius 3 is 2.76 bits per heavy atom. The highest BCUT2D eigenvalue weighted by molar-refractivity contribution is 5.92. The Kier molecular flexibility index (Phi) is 3.58. The number of hydrogen-bond donors (Lipinski definition) is 2. The lowest BCUT2D eigenvalue weighted by Crippen LogP contribution is -2.43. The van der Waals surface area contributed by atoms with E-state index in [0.717, 1.165) is 25.9 Å². The molecule has 3 N–H and O–H groups in total. The van der Waals surface area contributed by atoms with E-state index in [-0.39, 0.29) is 11.9 Å². The Labute approximate surface area is 101 Å². The Balaban J connectivity index is 1.91. The molecule has 1 aromatic rings. The van der Waals surface area contributed by atoms with Crippen LogP contribution in [0.2, 0.25) is 0 Å². The summed E-state index contributed by atoms with van der Waals surface area (Å²) in [5.74, 6) is -0.112. The summed E-state index contributed by atoms with van der Waals surface area (Å²) < 4.78 is 0. The van der Waals surface area contributed by atoms with E-state index in [9.17, 15) is 4.79 Å². The van der Waals surface area contributed by atoms with Gasteiger partial charge in [-0.05, 0) is 45.1 Å². The van der Waals surface area contributed by atoms with Gasteiger partial charge in [-0.25, -0.2) is 4.98 Å². The lowest BCUT2D eigenvalue weighted by atomic mass is 10.1. The first-order valence-electron chi connectivity index (χ1n) is 5.86. The number of anilines is 1. The second-order valence-electron chi connectivity index (χ2n) is 4.53. The number of amides is 1. The summed E-state index contributed by atoms with van der Waals surface area (Å²) in [4.78, 5) is 18.2. The molecule has 1 amide bonds. The van der Waals surface area contributed by atoms with Crippen LogP contribution in [0.15, 0.2) is 18.3 Å². The van der Waals surface area contributed by atoms with Crippen LogP contribution in [0.5, 0.6) is 0 Å². The molecule has 1 aliphatic heterocycles. The van der Waals surface area contributed by atoms with Gasteiger partial charge < -0.3 is 16.0 Å². The average molecular weight is 234 g/mol. The van der Waals surface area contributed by atoms with Crippen LogP contribution in [-0.2, 0) is 0 Å². The van der Waals surface area contributed by atoms with Crippen molar-refractivity contribution in [1.82, 2.24) is 15.2 Å². The summed E-state index contributed by atoms with van der Waals surface area (Å²) in [6, 6.07) is 3.61. The molecule has 1 aromatic heterocycles. The van der Waals surface area contributed by atoms with Gasteiger partial charge in [0.1, 0.15) is 5.69 Å². The van der Waals surface area contributed by atoms with E-state index in [4.69, 9.17) is 5.73 Å². The first-order chi connectivity index (χ1) is 8.15. The van der Waals surface area contributed by atoms with Gasteiger partial charge in [-0.15, -0.1) is 0 Å². The summed E-state index contributed by atoms with van der Waals surface area (Å²) in [5.41, 5.74) is 6.53. The molecule has 0 saturated carbocycles. The largest absolute Gasteiger partial charge is 0.397 e. The van der Waals surface area contributed by atoms with Crippen LogP contribution in [0.4, 0.5) is 5.69 Å². The van der Waals surface area contributed by atoms with E-state index < -0.39 is 0 Å². The zero-order chi connectivity index (χ0) is 12.3. The van der Waals surface area contributed by atoms with Crippen LogP contribution in [0, 0.1) is 0 Å². The number of pyridine rings is 1. The van der Waals surface area contributed by atoms with Crippen molar-refractivity contribution < 1.29 is 4.79 Å². The molecule has 2 rings (SSSR count). The maximum absolute atomic E-state index is 11.9. The topological polar surface area (TPSA) is 71.2 Å². The van der Waals surface area contributed by atoms with Crippen LogP contribution in [0.1, 0.15) is 23.3 Å². The number of aromatic nitrogens is 1. The minimum Gasteiger partial charge on any atom is -0.397 e. The predicted octanol–water partition coefficient (Wildman–Crippen LogP) is 0.488. The maximum atomic E-state index is 11.9. The minimum absolute atomic E-state index is 0.112. The van der Waals surface area contributed by atoms with E-state index >= 15 is 0 Å². The zero-order valence-corrected chi connectivity index (χ0v) is 10.0. The van der Waals surface area contributed by atoms with Gasteiger partial charge in [-0.2, -0.15) is 0 Å². The number of nitrogens with one attached hydrogen (secondary N) is 1. The number of nitrogens with zero attached hydrogens (tertiary/aromatic N) is 2. The average Bonchev–Trinajstić information content (AvgIpc) is 2.33. The van der Waals surface area contributed by atoms with Crippen molar-refractivity contribution in [2.24, 2.45) is 0 Å². The normalized spacial score (nSPS) is 17.9. The molecule has 0 aromatic carbocycles. The molecule has 0 unspecified atom stereocenters. The van der Waals surface area contributed by atoms with Gasteiger partial charge in [-0.1, -0.05) is 0 Å². The number of rotatable bonds is 2. The highest BCUT2D eigenvalue weighted by Gasteiger charge is 2.19. The molecular weight excluding hydrogens is 216 g/mol. The summed E-state index contributed by atoms with van der Waals surface area (Å²) in [5, 5.41) is 3.01. The molecule has 5 heteroatoms. The zero-order valence-electron chi connectivity index (χ0n) is 10.0. The highest BCUT2D eigenvalue weighted by atomic mass is 16.1. The van der Waals surface area contributed by atoms with Gasteiger partial charge in [0, 0.05) is 6.04 Å². The summed E-state index contributed by atoms with van der Waals surface area (Å²) in [7, 11) is 2.10. The van der Waals surface area contributed by atoms with Crippen molar-refractivity contribution in [1.29, 1.82) is 0 Å². The summed E-state index contributed by atoms with van der Waals surface area (Å²) >= 11 is 0. The summed E-state index contributed by atoms with van der Waals surface area (Å²) in [6.45, 7) is 2.06. The second kappa shape index (κ2) is 5.14. The number of carbonyl (C=O) groups is 1. The number of nitrogens with two attached hydrogens (primary N) is 1. The summed E-state index contributed by atoms with van der Waals surface area (Å²) in [6.07, 6.45) is 3.50. The van der Waals surface area contributed by atoms with Gasteiger partial charge in [0.2, 0.25) is 0 Å². The molecule has 0 bridgehead atoms. The van der Waals surface area contributed by atoms with Crippen molar-refractivity contribution in [2.45, 2.75) is 18.9 Å². The fourth-order valence-electron chi connectivity index (χ4n) is 1.95. The molecule has 17 heavy (non-hydrogen) atoms. The molecular formula is C12H18N4O. The lowest BCUT2D eigenvalue weighted by Gasteiger charge is -2.29. The van der Waals surface area contributed by atoms with E-state index in [1.807, 2.05) is 0 Å². The molecule has 92 valence electrons. The Morgan fingerprint density at radius 2 is 2.18 bits per heavy atom. The SMILES string of the molecule is CN1CCC(NC(=O)c2ccc(N)cn2)CC1. The van der Waals surface area contributed by atoms with Crippen molar-refractivity contribution >= 4 is 11.6 Å². The third-order valence-electron chi connectivity index (χ3n) is 3.07. The van der Waals surface area contributed by atoms with E-state index in [1.54, 1.807) is 12.1 Å². The van der Waals surface area contributed by atoms with Gasteiger partial charge >= 0.3 is 0 Å². The predicted molar refractivity (Wildman–Crippen MR) is 66.6 cm³/mol. The minimum atomic E-state index is -0.112. The quantitative estimate of drug-likeness (QED) is 0.781. The monoisotopic (exact) mass is 234 g/mol. The number of likely N-dealkylation sites (tertiary alicyclic amines) is 1. The fraction of sp³-hybridized carbons (Fsp3) is 0.500. The third kappa shape index (κ3) is 3.17. The van der Waals surface area contributed by atoms with Gasteiger partial charge in [0.05, 0.1) is 11.9 Å². The number of piperidine rings is 1. The van der Waals surface area contributed by atoms with Crippen LogP contribution >= 0.6 is 0 Å². The number of nitrogen functional groups attached to an aromatic ring is 1. The molecule has 1 aliphatic rings. The van der Waals surface area contributed by atoms with Crippen molar-refractivity contribution in [2.75, 3.05) is 25.9 Å². The van der Waals surface area contributed by atoms with Gasteiger partial charge in [0.25, 0.3) is 5.91 Å². The highest BCUT2D eigenvalue weighted by Crippen LogP contribution is 2.09. The van der Waals surface area contributed by atoms with E-state index in [2.05, 4.69) is 22.2 Å². The van der Waals surface area contributed by atoms with Gasteiger partial charge in [-0.3, -0.25) is 4.79 Å². The van der Waals surface area contributed by atoms with Crippen LogP contribution in [0.25, 0.3) is 0 Å². The number of hydrogen-bond acceptors (Lipinski definition) is 4. The molecule has 0 atom stereocenters. The smallest absolute Gasteiger partial charge is 0.270 e. The lowest BCUT2D eigenvalue weighted by molar-refractivity contribution is 0.0912. The first-order valence-corrected chi connectivity index (χ1v) is 5.86. The molecule has 0 radical (unpaired) electrons. The second-order valence-corrected chi connectivity index (χ2v) is 4.53. The molecule has 1 fully saturated rings. The fourth-order valence-corrected chi connectivity index (χ4v) is 1.95. The molecule has 0 aliphatic carbocycles. The molecule has 5 nitrogen and oxygen atoms in total.